The van der Waals surface area contributed by atoms with Crippen molar-refractivity contribution in [1.29, 1.82) is 0 Å². The van der Waals surface area contributed by atoms with Gasteiger partial charge in [0.2, 0.25) is 0 Å². The van der Waals surface area contributed by atoms with E-state index in [1.807, 2.05) is 11.7 Å². The van der Waals surface area contributed by atoms with Crippen molar-refractivity contribution in [3.63, 3.8) is 0 Å². The molecule has 0 radical (unpaired) electrons. The molecular weight excluding hydrogens is 254 g/mol. The van der Waals surface area contributed by atoms with E-state index in [4.69, 9.17) is 5.84 Å². The Morgan fingerprint density at radius 1 is 1.32 bits per heavy atom. The summed E-state index contributed by atoms with van der Waals surface area (Å²) in [5.41, 5.74) is 7.52. The highest BCUT2D eigenvalue weighted by Crippen LogP contribution is 2.31. The van der Waals surface area contributed by atoms with Gasteiger partial charge in [-0.15, -0.1) is 11.3 Å². The van der Waals surface area contributed by atoms with Crippen LogP contribution in [-0.4, -0.2) is 4.98 Å². The predicted octanol–water partition coefficient (Wildman–Crippen LogP) is 3.19. The number of rotatable bonds is 4. The Labute approximate surface area is 118 Å². The van der Waals surface area contributed by atoms with E-state index in [0.717, 1.165) is 6.42 Å². The molecular formula is C15H21N3S. The fourth-order valence-corrected chi connectivity index (χ4v) is 2.93. The van der Waals surface area contributed by atoms with E-state index in [9.17, 15) is 0 Å². The Kier molecular flexibility index (Phi) is 4.34. The van der Waals surface area contributed by atoms with Crippen LogP contribution >= 0.6 is 11.3 Å². The largest absolute Gasteiger partial charge is 0.271 e. The van der Waals surface area contributed by atoms with Crippen LogP contribution in [-0.2, 0) is 11.8 Å². The normalized spacial score (nSPS) is 13.5. The van der Waals surface area contributed by atoms with Crippen molar-refractivity contribution in [2.45, 2.75) is 38.6 Å². The van der Waals surface area contributed by atoms with E-state index in [1.54, 1.807) is 11.3 Å². The summed E-state index contributed by atoms with van der Waals surface area (Å²) in [5.74, 6) is 5.77. The first-order valence-corrected chi connectivity index (χ1v) is 7.33. The molecule has 0 bridgehead atoms. The van der Waals surface area contributed by atoms with E-state index in [2.05, 4.69) is 55.4 Å². The second-order valence-corrected chi connectivity index (χ2v) is 6.70. The number of hydrogen-bond donors (Lipinski definition) is 2. The van der Waals surface area contributed by atoms with Crippen molar-refractivity contribution in [1.82, 2.24) is 10.4 Å². The van der Waals surface area contributed by atoms with Gasteiger partial charge in [0, 0.05) is 17.5 Å². The molecule has 0 aliphatic rings. The summed E-state index contributed by atoms with van der Waals surface area (Å²) in [6.07, 6.45) is 2.78. The SMILES string of the molecule is CC(C)(C)c1ccccc1C(Cc1cncs1)NN. The Morgan fingerprint density at radius 2 is 2.05 bits per heavy atom. The highest BCUT2D eigenvalue weighted by molar-refractivity contribution is 7.09. The van der Waals surface area contributed by atoms with Crippen molar-refractivity contribution in [3.8, 4) is 0 Å². The predicted molar refractivity (Wildman–Crippen MR) is 81.0 cm³/mol. The Bertz CT molecular complexity index is 514. The smallest absolute Gasteiger partial charge is 0.0794 e. The summed E-state index contributed by atoms with van der Waals surface area (Å²) in [7, 11) is 0. The number of aromatic nitrogens is 1. The van der Waals surface area contributed by atoms with Crippen LogP contribution in [0.15, 0.2) is 36.0 Å². The number of nitrogens with two attached hydrogens (primary N) is 1. The molecule has 102 valence electrons. The monoisotopic (exact) mass is 275 g/mol. The zero-order valence-corrected chi connectivity index (χ0v) is 12.5. The van der Waals surface area contributed by atoms with E-state index in [0.29, 0.717) is 0 Å². The van der Waals surface area contributed by atoms with Crippen molar-refractivity contribution in [2.75, 3.05) is 0 Å². The standard InChI is InChI=1S/C15H21N3S/c1-15(2,3)13-7-5-4-6-12(13)14(18-16)8-11-9-17-10-19-11/h4-7,9-10,14,18H,8,16H2,1-3H3. The maximum Gasteiger partial charge on any atom is 0.0794 e. The fraction of sp³-hybridized carbons (Fsp3) is 0.400. The number of nitrogens with one attached hydrogen (secondary N) is 1. The van der Waals surface area contributed by atoms with E-state index in [-0.39, 0.29) is 11.5 Å². The molecule has 2 aromatic rings. The number of hydrogen-bond acceptors (Lipinski definition) is 4. The summed E-state index contributed by atoms with van der Waals surface area (Å²) in [6, 6.07) is 8.63. The first-order chi connectivity index (χ1) is 9.02. The van der Waals surface area contributed by atoms with Crippen LogP contribution in [0.2, 0.25) is 0 Å². The van der Waals surface area contributed by atoms with Gasteiger partial charge in [0.25, 0.3) is 0 Å². The molecule has 2 rings (SSSR count). The summed E-state index contributed by atoms with van der Waals surface area (Å²) >= 11 is 1.67. The number of nitrogens with zero attached hydrogens (tertiary/aromatic N) is 1. The van der Waals surface area contributed by atoms with Crippen LogP contribution in [0.25, 0.3) is 0 Å². The molecule has 3 nitrogen and oxygen atoms in total. The molecule has 1 aromatic heterocycles. The molecule has 0 aliphatic heterocycles. The first kappa shape index (κ1) is 14.2. The van der Waals surface area contributed by atoms with E-state index >= 15 is 0 Å². The summed E-state index contributed by atoms with van der Waals surface area (Å²) in [4.78, 5) is 5.37. The summed E-state index contributed by atoms with van der Waals surface area (Å²) in [6.45, 7) is 6.68. The van der Waals surface area contributed by atoms with Gasteiger partial charge in [0.05, 0.1) is 11.6 Å². The van der Waals surface area contributed by atoms with E-state index < -0.39 is 0 Å². The summed E-state index contributed by atoms with van der Waals surface area (Å²) in [5, 5.41) is 0. The Morgan fingerprint density at radius 3 is 2.63 bits per heavy atom. The van der Waals surface area contributed by atoms with Crippen molar-refractivity contribution < 1.29 is 0 Å². The average molecular weight is 275 g/mol. The lowest BCUT2D eigenvalue weighted by molar-refractivity contribution is 0.520. The lowest BCUT2D eigenvalue weighted by atomic mass is 9.81. The molecule has 0 fully saturated rings. The molecule has 0 amide bonds. The highest BCUT2D eigenvalue weighted by Gasteiger charge is 2.22. The van der Waals surface area contributed by atoms with Crippen LogP contribution in [0.4, 0.5) is 0 Å². The van der Waals surface area contributed by atoms with Gasteiger partial charge in [-0.3, -0.25) is 16.3 Å². The summed E-state index contributed by atoms with van der Waals surface area (Å²) < 4.78 is 0. The minimum atomic E-state index is 0.111. The fourth-order valence-electron chi connectivity index (χ4n) is 2.29. The van der Waals surface area contributed by atoms with Gasteiger partial charge in [-0.2, -0.15) is 0 Å². The molecule has 1 aromatic carbocycles. The molecule has 3 N–H and O–H groups in total. The molecule has 19 heavy (non-hydrogen) atoms. The molecule has 1 heterocycles. The van der Waals surface area contributed by atoms with Gasteiger partial charge in [-0.1, -0.05) is 45.0 Å². The molecule has 0 saturated carbocycles. The quantitative estimate of drug-likeness (QED) is 0.665. The van der Waals surface area contributed by atoms with E-state index in [1.165, 1.54) is 16.0 Å². The molecule has 0 aliphatic carbocycles. The minimum absolute atomic E-state index is 0.111. The molecule has 4 heteroatoms. The lowest BCUT2D eigenvalue weighted by Crippen LogP contribution is -2.31. The van der Waals surface area contributed by atoms with Gasteiger partial charge >= 0.3 is 0 Å². The third-order valence-electron chi connectivity index (χ3n) is 3.23. The van der Waals surface area contributed by atoms with Crippen molar-refractivity contribution in [3.05, 3.63) is 52.0 Å². The topological polar surface area (TPSA) is 50.9 Å². The third kappa shape index (κ3) is 3.41. The van der Waals surface area contributed by atoms with Crippen LogP contribution in [0.5, 0.6) is 0 Å². The second kappa shape index (κ2) is 5.82. The zero-order valence-electron chi connectivity index (χ0n) is 11.7. The number of thiazole rings is 1. The number of benzene rings is 1. The van der Waals surface area contributed by atoms with Crippen molar-refractivity contribution in [2.24, 2.45) is 5.84 Å². The van der Waals surface area contributed by atoms with Crippen LogP contribution in [0, 0.1) is 0 Å². The van der Waals surface area contributed by atoms with Crippen LogP contribution < -0.4 is 11.3 Å². The van der Waals surface area contributed by atoms with Gasteiger partial charge < -0.3 is 0 Å². The van der Waals surface area contributed by atoms with Gasteiger partial charge in [-0.05, 0) is 16.5 Å². The molecule has 0 spiro atoms. The van der Waals surface area contributed by atoms with Gasteiger partial charge in [0.1, 0.15) is 0 Å². The maximum atomic E-state index is 5.77. The molecule has 1 atom stereocenters. The Balaban J connectivity index is 2.33. The van der Waals surface area contributed by atoms with Gasteiger partial charge in [-0.25, -0.2) is 0 Å². The lowest BCUT2D eigenvalue weighted by Gasteiger charge is -2.27. The zero-order chi connectivity index (χ0) is 13.9. The maximum absolute atomic E-state index is 5.77. The molecule has 0 saturated heterocycles. The Hall–Kier alpha value is -1.23. The van der Waals surface area contributed by atoms with Crippen molar-refractivity contribution >= 4 is 11.3 Å². The second-order valence-electron chi connectivity index (χ2n) is 5.73. The third-order valence-corrected chi connectivity index (χ3v) is 4.04. The first-order valence-electron chi connectivity index (χ1n) is 6.45. The highest BCUT2D eigenvalue weighted by atomic mass is 32.1. The molecule has 1 unspecified atom stereocenters. The van der Waals surface area contributed by atoms with Crippen LogP contribution in [0.1, 0.15) is 42.8 Å². The van der Waals surface area contributed by atoms with Gasteiger partial charge in [0.15, 0.2) is 0 Å². The average Bonchev–Trinajstić information content (AvgIpc) is 2.88. The number of hydrazine groups is 1. The van der Waals surface area contributed by atoms with Crippen LogP contribution in [0.3, 0.4) is 0 Å². The minimum Gasteiger partial charge on any atom is -0.271 e.